The number of hydrogen-bond donors (Lipinski definition) is 0. The van der Waals surface area contributed by atoms with Crippen molar-refractivity contribution in [3.63, 3.8) is 0 Å². The van der Waals surface area contributed by atoms with Crippen molar-refractivity contribution in [3.8, 4) is 0 Å². The van der Waals surface area contributed by atoms with Gasteiger partial charge in [-0.05, 0) is 12.5 Å². The Bertz CT molecular complexity index is 67.0. The SMILES string of the molecule is CSC1(SC)COC1. The fraction of sp³-hybridized carbons (Fsp3) is 1.00. The normalized spacial score (nSPS) is 24.8. The molecule has 1 aliphatic rings. The minimum Gasteiger partial charge on any atom is -0.377 e. The molecular weight excluding hydrogens is 140 g/mol. The monoisotopic (exact) mass is 150 g/mol. The first kappa shape index (κ1) is 6.78. The number of hydrogen-bond acceptors (Lipinski definition) is 3. The average Bonchev–Trinajstić information content (AvgIpc) is 1.67. The fourth-order valence-corrected chi connectivity index (χ4v) is 2.06. The molecule has 1 saturated heterocycles. The zero-order valence-corrected chi connectivity index (χ0v) is 6.77. The lowest BCUT2D eigenvalue weighted by molar-refractivity contribution is 0.0314. The van der Waals surface area contributed by atoms with Gasteiger partial charge in [-0.25, -0.2) is 0 Å². The molecule has 1 heterocycles. The van der Waals surface area contributed by atoms with Gasteiger partial charge in [0.25, 0.3) is 0 Å². The summed E-state index contributed by atoms with van der Waals surface area (Å²) in [6, 6.07) is 0. The minimum atomic E-state index is 0.417. The highest BCUT2D eigenvalue weighted by atomic mass is 32.2. The van der Waals surface area contributed by atoms with Crippen LogP contribution in [0.1, 0.15) is 0 Å². The van der Waals surface area contributed by atoms with Crippen LogP contribution in [-0.2, 0) is 4.74 Å². The van der Waals surface area contributed by atoms with E-state index in [1.807, 2.05) is 23.5 Å². The third-order valence-electron chi connectivity index (χ3n) is 1.39. The van der Waals surface area contributed by atoms with Crippen LogP contribution in [-0.4, -0.2) is 29.8 Å². The van der Waals surface area contributed by atoms with Crippen molar-refractivity contribution in [2.24, 2.45) is 0 Å². The van der Waals surface area contributed by atoms with Crippen LogP contribution in [0.5, 0.6) is 0 Å². The van der Waals surface area contributed by atoms with Gasteiger partial charge in [-0.15, -0.1) is 23.5 Å². The maximum Gasteiger partial charge on any atom is 0.107 e. The highest BCUT2D eigenvalue weighted by Gasteiger charge is 2.36. The maximum absolute atomic E-state index is 5.08. The van der Waals surface area contributed by atoms with Crippen molar-refractivity contribution < 1.29 is 4.74 Å². The van der Waals surface area contributed by atoms with E-state index in [-0.39, 0.29) is 0 Å². The Kier molecular flexibility index (Phi) is 2.12. The molecule has 0 radical (unpaired) electrons. The molecule has 0 aromatic heterocycles. The molecule has 0 saturated carbocycles. The second-order valence-corrected chi connectivity index (χ2v) is 4.45. The molecule has 8 heavy (non-hydrogen) atoms. The summed E-state index contributed by atoms with van der Waals surface area (Å²) in [6.45, 7) is 1.85. The molecule has 48 valence electrons. The summed E-state index contributed by atoms with van der Waals surface area (Å²) in [5.41, 5.74) is 0. The van der Waals surface area contributed by atoms with Crippen LogP contribution in [0, 0.1) is 0 Å². The quantitative estimate of drug-likeness (QED) is 0.551. The Morgan fingerprint density at radius 3 is 1.75 bits per heavy atom. The Hall–Kier alpha value is 0.660. The molecule has 0 aromatic rings. The Labute approximate surface area is 58.6 Å². The molecule has 3 heteroatoms. The predicted molar refractivity (Wildman–Crippen MR) is 40.6 cm³/mol. The third kappa shape index (κ3) is 0.993. The van der Waals surface area contributed by atoms with Crippen molar-refractivity contribution in [1.29, 1.82) is 0 Å². The maximum atomic E-state index is 5.08. The number of thioether (sulfide) groups is 2. The highest BCUT2D eigenvalue weighted by Crippen LogP contribution is 2.39. The highest BCUT2D eigenvalue weighted by molar-refractivity contribution is 8.17. The molecule has 0 aromatic carbocycles. The standard InChI is InChI=1S/C5H10OS2/c1-7-5(8-2)3-6-4-5/h3-4H2,1-2H3. The molecule has 1 rings (SSSR count). The van der Waals surface area contributed by atoms with Gasteiger partial charge in [0.2, 0.25) is 0 Å². The third-order valence-corrected chi connectivity index (χ3v) is 4.35. The van der Waals surface area contributed by atoms with Crippen molar-refractivity contribution in [2.75, 3.05) is 25.7 Å². The van der Waals surface area contributed by atoms with Gasteiger partial charge < -0.3 is 4.74 Å². The van der Waals surface area contributed by atoms with Crippen LogP contribution in [0.15, 0.2) is 0 Å². The van der Waals surface area contributed by atoms with Gasteiger partial charge in [-0.2, -0.15) is 0 Å². The molecule has 0 spiro atoms. The zero-order chi connectivity index (χ0) is 6.04. The van der Waals surface area contributed by atoms with Gasteiger partial charge in [0, 0.05) is 0 Å². The van der Waals surface area contributed by atoms with Gasteiger partial charge in [0.1, 0.15) is 4.08 Å². The number of ether oxygens (including phenoxy) is 1. The molecule has 0 bridgehead atoms. The lowest BCUT2D eigenvalue weighted by atomic mass is 10.4. The van der Waals surface area contributed by atoms with E-state index in [0.717, 1.165) is 13.2 Å². The van der Waals surface area contributed by atoms with Crippen molar-refractivity contribution in [3.05, 3.63) is 0 Å². The molecule has 1 nitrogen and oxygen atoms in total. The zero-order valence-electron chi connectivity index (χ0n) is 5.14. The van der Waals surface area contributed by atoms with Gasteiger partial charge in [-0.1, -0.05) is 0 Å². The second-order valence-electron chi connectivity index (χ2n) is 1.81. The fourth-order valence-electron chi connectivity index (χ4n) is 0.588. The van der Waals surface area contributed by atoms with Crippen LogP contribution in [0.25, 0.3) is 0 Å². The van der Waals surface area contributed by atoms with Gasteiger partial charge in [0.15, 0.2) is 0 Å². The van der Waals surface area contributed by atoms with Crippen LogP contribution in [0.3, 0.4) is 0 Å². The van der Waals surface area contributed by atoms with E-state index in [2.05, 4.69) is 12.5 Å². The summed E-state index contributed by atoms with van der Waals surface area (Å²) in [4.78, 5) is 0. The Morgan fingerprint density at radius 1 is 1.25 bits per heavy atom. The summed E-state index contributed by atoms with van der Waals surface area (Å²) in [6.07, 6.45) is 4.28. The van der Waals surface area contributed by atoms with Crippen LogP contribution < -0.4 is 0 Å². The van der Waals surface area contributed by atoms with Crippen LogP contribution >= 0.6 is 23.5 Å². The van der Waals surface area contributed by atoms with E-state index >= 15 is 0 Å². The predicted octanol–water partition coefficient (Wildman–Crippen LogP) is 1.44. The van der Waals surface area contributed by atoms with Gasteiger partial charge in [-0.3, -0.25) is 0 Å². The lowest BCUT2D eigenvalue weighted by Crippen LogP contribution is -2.42. The van der Waals surface area contributed by atoms with Crippen LogP contribution in [0.2, 0.25) is 0 Å². The van der Waals surface area contributed by atoms with Gasteiger partial charge in [0.05, 0.1) is 13.2 Å². The average molecular weight is 150 g/mol. The van der Waals surface area contributed by atoms with E-state index in [1.165, 1.54) is 0 Å². The van der Waals surface area contributed by atoms with E-state index in [0.29, 0.717) is 4.08 Å². The van der Waals surface area contributed by atoms with Crippen molar-refractivity contribution in [2.45, 2.75) is 4.08 Å². The van der Waals surface area contributed by atoms with Gasteiger partial charge >= 0.3 is 0 Å². The molecule has 0 N–H and O–H groups in total. The Morgan fingerprint density at radius 2 is 1.75 bits per heavy atom. The first-order valence-electron chi connectivity index (χ1n) is 2.51. The van der Waals surface area contributed by atoms with Crippen molar-refractivity contribution >= 4 is 23.5 Å². The molecule has 1 fully saturated rings. The molecule has 0 atom stereocenters. The largest absolute Gasteiger partial charge is 0.377 e. The summed E-state index contributed by atoms with van der Waals surface area (Å²) >= 11 is 3.79. The van der Waals surface area contributed by atoms with Crippen LogP contribution in [0.4, 0.5) is 0 Å². The smallest absolute Gasteiger partial charge is 0.107 e. The van der Waals surface area contributed by atoms with E-state index in [9.17, 15) is 0 Å². The summed E-state index contributed by atoms with van der Waals surface area (Å²) in [5.74, 6) is 0. The minimum absolute atomic E-state index is 0.417. The lowest BCUT2D eigenvalue weighted by Gasteiger charge is -2.38. The first-order valence-corrected chi connectivity index (χ1v) is 4.96. The molecular formula is C5H10OS2. The topological polar surface area (TPSA) is 9.23 Å². The van der Waals surface area contributed by atoms with E-state index < -0.39 is 0 Å². The van der Waals surface area contributed by atoms with E-state index in [1.54, 1.807) is 0 Å². The number of rotatable bonds is 2. The first-order chi connectivity index (χ1) is 3.83. The molecule has 0 amide bonds. The molecule has 0 unspecified atom stereocenters. The van der Waals surface area contributed by atoms with Crippen molar-refractivity contribution in [1.82, 2.24) is 0 Å². The summed E-state index contributed by atoms with van der Waals surface area (Å²) in [5, 5.41) is 0. The van der Waals surface area contributed by atoms with E-state index in [4.69, 9.17) is 4.74 Å². The molecule has 0 aliphatic carbocycles. The molecule has 1 aliphatic heterocycles. The second kappa shape index (κ2) is 2.50. The summed E-state index contributed by atoms with van der Waals surface area (Å²) in [7, 11) is 0. The summed E-state index contributed by atoms with van der Waals surface area (Å²) < 4.78 is 5.50. The Balaban J connectivity index is 2.33.